The summed E-state index contributed by atoms with van der Waals surface area (Å²) in [5, 5.41) is 4.18. The highest BCUT2D eigenvalue weighted by Crippen LogP contribution is 2.27. The molecule has 0 spiro atoms. The summed E-state index contributed by atoms with van der Waals surface area (Å²) in [4.78, 5) is 11.8. The quantitative estimate of drug-likeness (QED) is 0.661. The lowest BCUT2D eigenvalue weighted by Crippen LogP contribution is -2.35. The van der Waals surface area contributed by atoms with Gasteiger partial charge >= 0.3 is 0 Å². The Balaban J connectivity index is 2.30. The molecule has 1 atom stereocenters. The van der Waals surface area contributed by atoms with Crippen LogP contribution in [0.15, 0.2) is 11.2 Å². The van der Waals surface area contributed by atoms with Crippen molar-refractivity contribution in [2.24, 2.45) is 0 Å². The molecule has 2 rings (SSSR count). The van der Waals surface area contributed by atoms with Gasteiger partial charge in [-0.2, -0.15) is 0 Å². The van der Waals surface area contributed by atoms with Crippen molar-refractivity contribution in [1.82, 2.24) is 9.97 Å². The number of anilines is 2. The van der Waals surface area contributed by atoms with Gasteiger partial charge in [0.15, 0.2) is 5.16 Å². The smallest absolute Gasteiger partial charge is 0.191 e. The predicted molar refractivity (Wildman–Crippen MR) is 87.9 cm³/mol. The van der Waals surface area contributed by atoms with Crippen molar-refractivity contribution in [3.63, 3.8) is 0 Å². The van der Waals surface area contributed by atoms with Gasteiger partial charge in [0.25, 0.3) is 0 Å². The topological polar surface area (TPSA) is 41.0 Å². The number of thioether (sulfide) groups is 1. The Morgan fingerprint density at radius 3 is 2.85 bits per heavy atom. The van der Waals surface area contributed by atoms with Crippen molar-refractivity contribution in [1.29, 1.82) is 0 Å². The maximum Gasteiger partial charge on any atom is 0.191 e. The van der Waals surface area contributed by atoms with Gasteiger partial charge in [-0.05, 0) is 32.4 Å². The second-order valence-electron chi connectivity index (χ2n) is 5.23. The fourth-order valence-electron chi connectivity index (χ4n) is 2.83. The fourth-order valence-corrected chi connectivity index (χ4v) is 3.20. The molecule has 20 heavy (non-hydrogen) atoms. The molecule has 1 unspecified atom stereocenters. The Hall–Kier alpha value is -0.970. The molecule has 1 aliphatic rings. The summed E-state index contributed by atoms with van der Waals surface area (Å²) in [7, 11) is 0. The largest absolute Gasteiger partial charge is 0.370 e. The zero-order valence-electron chi connectivity index (χ0n) is 12.9. The van der Waals surface area contributed by atoms with Crippen molar-refractivity contribution in [2.75, 3.05) is 29.6 Å². The zero-order chi connectivity index (χ0) is 14.4. The second-order valence-corrected chi connectivity index (χ2v) is 6.01. The van der Waals surface area contributed by atoms with Gasteiger partial charge in [0.2, 0.25) is 0 Å². The molecule has 0 amide bonds. The maximum absolute atomic E-state index is 4.74. The van der Waals surface area contributed by atoms with E-state index >= 15 is 0 Å². The van der Waals surface area contributed by atoms with E-state index < -0.39 is 0 Å². The van der Waals surface area contributed by atoms with E-state index in [0.717, 1.165) is 29.9 Å². The minimum Gasteiger partial charge on any atom is -0.370 e. The van der Waals surface area contributed by atoms with Gasteiger partial charge in [-0.3, -0.25) is 0 Å². The number of hydrogen-bond acceptors (Lipinski definition) is 5. The van der Waals surface area contributed by atoms with Crippen LogP contribution < -0.4 is 10.2 Å². The summed E-state index contributed by atoms with van der Waals surface area (Å²) in [5.74, 6) is 2.04. The van der Waals surface area contributed by atoms with E-state index in [1.165, 1.54) is 32.1 Å². The summed E-state index contributed by atoms with van der Waals surface area (Å²) in [6.07, 6.45) is 8.46. The molecular formula is C15H26N4S. The number of rotatable bonds is 5. The normalized spacial score (nSPS) is 19.8. The van der Waals surface area contributed by atoms with Crippen LogP contribution in [0, 0.1) is 0 Å². The van der Waals surface area contributed by atoms with Crippen molar-refractivity contribution in [3.8, 4) is 0 Å². The van der Waals surface area contributed by atoms with E-state index in [1.54, 1.807) is 11.8 Å². The Labute approximate surface area is 126 Å². The monoisotopic (exact) mass is 294 g/mol. The molecule has 112 valence electrons. The molecule has 2 heterocycles. The first kappa shape index (κ1) is 15.4. The Morgan fingerprint density at radius 2 is 2.15 bits per heavy atom. The minimum absolute atomic E-state index is 0.622. The summed E-state index contributed by atoms with van der Waals surface area (Å²) in [6, 6.07) is 2.73. The zero-order valence-corrected chi connectivity index (χ0v) is 13.7. The lowest BCUT2D eigenvalue weighted by Gasteiger charge is -2.30. The highest BCUT2D eigenvalue weighted by Gasteiger charge is 2.21. The van der Waals surface area contributed by atoms with Crippen LogP contribution in [0.5, 0.6) is 0 Å². The Kier molecular flexibility index (Phi) is 5.95. The first-order valence-electron chi connectivity index (χ1n) is 7.72. The third kappa shape index (κ3) is 3.78. The molecule has 0 aromatic carbocycles. The molecule has 5 heteroatoms. The van der Waals surface area contributed by atoms with Crippen molar-refractivity contribution in [3.05, 3.63) is 6.07 Å². The third-order valence-corrected chi connectivity index (χ3v) is 4.42. The van der Waals surface area contributed by atoms with E-state index in [-0.39, 0.29) is 0 Å². The summed E-state index contributed by atoms with van der Waals surface area (Å²) < 4.78 is 0. The SMILES string of the molecule is CCNc1cc(N2CCCCCC2CC)nc(SC)n1. The third-order valence-electron chi connectivity index (χ3n) is 3.88. The molecule has 0 bridgehead atoms. The molecule has 1 N–H and O–H groups in total. The highest BCUT2D eigenvalue weighted by molar-refractivity contribution is 7.98. The number of nitrogens with one attached hydrogen (secondary N) is 1. The average Bonchev–Trinajstić information content (AvgIpc) is 2.72. The molecule has 1 fully saturated rings. The molecule has 1 aromatic rings. The molecule has 4 nitrogen and oxygen atoms in total. The van der Waals surface area contributed by atoms with Crippen molar-refractivity contribution in [2.45, 2.75) is 57.1 Å². The van der Waals surface area contributed by atoms with Crippen LogP contribution >= 0.6 is 11.8 Å². The van der Waals surface area contributed by atoms with Gasteiger partial charge in [0, 0.05) is 25.2 Å². The van der Waals surface area contributed by atoms with Crippen LogP contribution in [0.2, 0.25) is 0 Å². The summed E-state index contributed by atoms with van der Waals surface area (Å²) in [6.45, 7) is 6.39. The van der Waals surface area contributed by atoms with E-state index in [2.05, 4.69) is 35.1 Å². The summed E-state index contributed by atoms with van der Waals surface area (Å²) in [5.41, 5.74) is 0. The molecule has 1 aliphatic heterocycles. The minimum atomic E-state index is 0.622. The van der Waals surface area contributed by atoms with E-state index in [4.69, 9.17) is 4.98 Å². The van der Waals surface area contributed by atoms with Crippen LogP contribution in [-0.2, 0) is 0 Å². The molecular weight excluding hydrogens is 268 g/mol. The van der Waals surface area contributed by atoms with Crippen LogP contribution in [0.1, 0.15) is 46.0 Å². The Bertz CT molecular complexity index is 424. The van der Waals surface area contributed by atoms with Gasteiger partial charge in [0.05, 0.1) is 0 Å². The van der Waals surface area contributed by atoms with E-state index in [0.29, 0.717) is 6.04 Å². The van der Waals surface area contributed by atoms with Crippen LogP contribution in [0.25, 0.3) is 0 Å². The van der Waals surface area contributed by atoms with Crippen LogP contribution in [-0.4, -0.2) is 35.4 Å². The van der Waals surface area contributed by atoms with E-state index in [9.17, 15) is 0 Å². The van der Waals surface area contributed by atoms with E-state index in [1.807, 2.05) is 6.26 Å². The predicted octanol–water partition coefficient (Wildman–Crippen LogP) is 3.79. The molecule has 0 aliphatic carbocycles. The van der Waals surface area contributed by atoms with Gasteiger partial charge in [-0.25, -0.2) is 9.97 Å². The van der Waals surface area contributed by atoms with Crippen molar-refractivity contribution >= 4 is 23.4 Å². The molecule has 0 saturated carbocycles. The first-order chi connectivity index (χ1) is 9.78. The maximum atomic E-state index is 4.74. The first-order valence-corrected chi connectivity index (χ1v) is 8.94. The highest BCUT2D eigenvalue weighted by atomic mass is 32.2. The van der Waals surface area contributed by atoms with Gasteiger partial charge in [0.1, 0.15) is 11.6 Å². The standard InChI is InChI=1S/C15H26N4S/c1-4-12-9-7-6-8-10-19(12)14-11-13(16-5-2)17-15(18-14)20-3/h11-12H,4-10H2,1-3H3,(H,16,17,18). The Morgan fingerprint density at radius 1 is 1.30 bits per heavy atom. The molecule has 1 aromatic heterocycles. The van der Waals surface area contributed by atoms with Gasteiger partial charge < -0.3 is 10.2 Å². The second kappa shape index (κ2) is 7.72. The number of aromatic nitrogens is 2. The lowest BCUT2D eigenvalue weighted by molar-refractivity contribution is 0.550. The molecule has 1 saturated heterocycles. The van der Waals surface area contributed by atoms with Gasteiger partial charge in [-0.15, -0.1) is 0 Å². The number of hydrogen-bond donors (Lipinski definition) is 1. The van der Waals surface area contributed by atoms with Crippen molar-refractivity contribution < 1.29 is 0 Å². The van der Waals surface area contributed by atoms with Gasteiger partial charge in [-0.1, -0.05) is 31.5 Å². The average molecular weight is 294 g/mol. The van der Waals surface area contributed by atoms with Crippen LogP contribution in [0.3, 0.4) is 0 Å². The number of nitrogens with zero attached hydrogens (tertiary/aromatic N) is 3. The lowest BCUT2D eigenvalue weighted by atomic mass is 10.1. The van der Waals surface area contributed by atoms with Crippen LogP contribution in [0.4, 0.5) is 11.6 Å². The summed E-state index contributed by atoms with van der Waals surface area (Å²) >= 11 is 1.61. The molecule has 0 radical (unpaired) electrons. The fraction of sp³-hybridized carbons (Fsp3) is 0.733.